The summed E-state index contributed by atoms with van der Waals surface area (Å²) in [7, 11) is 0. The quantitative estimate of drug-likeness (QED) is 0.823. The summed E-state index contributed by atoms with van der Waals surface area (Å²) in [4.78, 5) is 4.75. The molecule has 2 aromatic rings. The number of benzene rings is 1. The van der Waals surface area contributed by atoms with Gasteiger partial charge in [0.2, 0.25) is 0 Å². The Morgan fingerprint density at radius 2 is 2.29 bits per heavy atom. The van der Waals surface area contributed by atoms with Gasteiger partial charge in [-0.05, 0) is 0 Å². The number of nitrogens with zero attached hydrogens (tertiary/aromatic N) is 1. The molecule has 2 rings (SSSR count). The summed E-state index contributed by atoms with van der Waals surface area (Å²) >= 11 is 1.42. The van der Waals surface area contributed by atoms with Gasteiger partial charge in [-0.1, -0.05) is 18.2 Å². The van der Waals surface area contributed by atoms with Gasteiger partial charge in [0.15, 0.2) is 0 Å². The smallest absolute Gasteiger partial charge is 0.136 e. The molecule has 2 N–H and O–H groups in total. The van der Waals surface area contributed by atoms with Crippen molar-refractivity contribution in [1.29, 1.82) is 0 Å². The van der Waals surface area contributed by atoms with Crippen molar-refractivity contribution in [3.63, 3.8) is 0 Å². The molecular formula is C10H9FN2S. The standard InChI is InChI=1S/C10H9FN2S/c11-10-7(4-12)2-1-3-8(10)9-5-13-6-14-9/h1-3,5-6H,4,12H2. The molecular weight excluding hydrogens is 199 g/mol. The van der Waals surface area contributed by atoms with E-state index in [2.05, 4.69) is 4.98 Å². The Hall–Kier alpha value is -1.26. The molecule has 0 saturated heterocycles. The van der Waals surface area contributed by atoms with Crippen molar-refractivity contribution in [2.24, 2.45) is 5.73 Å². The van der Waals surface area contributed by atoms with Crippen molar-refractivity contribution >= 4 is 11.3 Å². The van der Waals surface area contributed by atoms with E-state index >= 15 is 0 Å². The SMILES string of the molecule is NCc1cccc(-c2cncs2)c1F. The van der Waals surface area contributed by atoms with Crippen LogP contribution in [0.1, 0.15) is 5.56 Å². The van der Waals surface area contributed by atoms with Crippen LogP contribution in [-0.2, 0) is 6.54 Å². The highest BCUT2D eigenvalue weighted by Crippen LogP contribution is 2.27. The Balaban J connectivity index is 2.54. The predicted octanol–water partition coefficient (Wildman–Crippen LogP) is 2.41. The molecule has 0 saturated carbocycles. The molecule has 0 spiro atoms. The molecule has 0 amide bonds. The third-order valence-electron chi connectivity index (χ3n) is 2.00. The van der Waals surface area contributed by atoms with Gasteiger partial charge < -0.3 is 5.73 Å². The number of halogens is 1. The Bertz CT molecular complexity index is 426. The summed E-state index contributed by atoms with van der Waals surface area (Å²) in [6, 6.07) is 5.24. The minimum absolute atomic E-state index is 0.221. The lowest BCUT2D eigenvalue weighted by Crippen LogP contribution is -2.00. The van der Waals surface area contributed by atoms with Crippen LogP contribution in [0.5, 0.6) is 0 Å². The maximum Gasteiger partial charge on any atom is 0.136 e. The zero-order chi connectivity index (χ0) is 9.97. The number of thiazole rings is 1. The topological polar surface area (TPSA) is 38.9 Å². The summed E-state index contributed by atoms with van der Waals surface area (Å²) in [5.74, 6) is -0.237. The van der Waals surface area contributed by atoms with E-state index < -0.39 is 0 Å². The van der Waals surface area contributed by atoms with Crippen LogP contribution in [0.25, 0.3) is 10.4 Å². The second-order valence-electron chi connectivity index (χ2n) is 2.85. The van der Waals surface area contributed by atoms with Crippen LogP contribution in [0.2, 0.25) is 0 Å². The third-order valence-corrected chi connectivity index (χ3v) is 2.80. The highest BCUT2D eigenvalue weighted by molar-refractivity contribution is 7.13. The van der Waals surface area contributed by atoms with Crippen LogP contribution in [0.4, 0.5) is 4.39 Å². The van der Waals surface area contributed by atoms with Crippen molar-refractivity contribution in [2.45, 2.75) is 6.54 Å². The van der Waals surface area contributed by atoms with Crippen LogP contribution in [0.3, 0.4) is 0 Å². The van der Waals surface area contributed by atoms with Crippen LogP contribution >= 0.6 is 11.3 Å². The van der Waals surface area contributed by atoms with Gasteiger partial charge in [0.25, 0.3) is 0 Å². The molecule has 4 heteroatoms. The van der Waals surface area contributed by atoms with E-state index in [4.69, 9.17) is 5.73 Å². The molecule has 0 aliphatic heterocycles. The van der Waals surface area contributed by atoms with Crippen molar-refractivity contribution in [1.82, 2.24) is 4.98 Å². The summed E-state index contributed by atoms with van der Waals surface area (Å²) in [6.45, 7) is 0.221. The number of aromatic nitrogens is 1. The normalized spacial score (nSPS) is 10.4. The van der Waals surface area contributed by atoms with Crippen molar-refractivity contribution < 1.29 is 4.39 Å². The van der Waals surface area contributed by atoms with Crippen LogP contribution in [0, 0.1) is 5.82 Å². The highest BCUT2D eigenvalue weighted by atomic mass is 32.1. The molecule has 1 aromatic heterocycles. The molecule has 0 fully saturated rings. The van der Waals surface area contributed by atoms with E-state index in [1.54, 1.807) is 29.9 Å². The second-order valence-corrected chi connectivity index (χ2v) is 3.73. The Kier molecular flexibility index (Phi) is 2.56. The fourth-order valence-corrected chi connectivity index (χ4v) is 1.92. The van der Waals surface area contributed by atoms with E-state index in [0.29, 0.717) is 11.1 Å². The first-order valence-electron chi connectivity index (χ1n) is 4.19. The molecule has 0 aliphatic rings. The number of hydrogen-bond acceptors (Lipinski definition) is 3. The molecule has 1 heterocycles. The first-order valence-corrected chi connectivity index (χ1v) is 5.07. The van der Waals surface area contributed by atoms with Crippen molar-refractivity contribution in [3.8, 4) is 10.4 Å². The molecule has 1 aromatic carbocycles. The first-order chi connectivity index (χ1) is 6.83. The lowest BCUT2D eigenvalue weighted by molar-refractivity contribution is 0.614. The van der Waals surface area contributed by atoms with Crippen molar-refractivity contribution in [3.05, 3.63) is 41.3 Å². The minimum Gasteiger partial charge on any atom is -0.326 e. The van der Waals surface area contributed by atoms with E-state index in [0.717, 1.165) is 4.88 Å². The van der Waals surface area contributed by atoms with Gasteiger partial charge >= 0.3 is 0 Å². The Labute approximate surface area is 85.2 Å². The number of hydrogen-bond donors (Lipinski definition) is 1. The van der Waals surface area contributed by atoms with E-state index in [1.807, 2.05) is 0 Å². The second kappa shape index (κ2) is 3.86. The van der Waals surface area contributed by atoms with Crippen molar-refractivity contribution in [2.75, 3.05) is 0 Å². The third kappa shape index (κ3) is 1.54. The fraction of sp³-hybridized carbons (Fsp3) is 0.100. The zero-order valence-corrected chi connectivity index (χ0v) is 8.22. The van der Waals surface area contributed by atoms with Gasteiger partial charge in [0, 0.05) is 23.9 Å². The van der Waals surface area contributed by atoms with Gasteiger partial charge in [-0.15, -0.1) is 11.3 Å². The lowest BCUT2D eigenvalue weighted by atomic mass is 10.1. The minimum atomic E-state index is -0.237. The summed E-state index contributed by atoms with van der Waals surface area (Å²) in [5.41, 5.74) is 8.22. The van der Waals surface area contributed by atoms with Crippen LogP contribution in [-0.4, -0.2) is 4.98 Å². The molecule has 0 atom stereocenters. The van der Waals surface area contributed by atoms with Gasteiger partial charge in [0.1, 0.15) is 5.82 Å². The summed E-state index contributed by atoms with van der Waals surface area (Å²) in [5, 5.41) is 0. The number of rotatable bonds is 2. The molecule has 0 aliphatic carbocycles. The monoisotopic (exact) mass is 208 g/mol. The lowest BCUT2D eigenvalue weighted by Gasteiger charge is -2.03. The molecule has 2 nitrogen and oxygen atoms in total. The Morgan fingerprint density at radius 3 is 2.93 bits per heavy atom. The average Bonchev–Trinajstić information content (AvgIpc) is 2.71. The van der Waals surface area contributed by atoms with E-state index in [9.17, 15) is 4.39 Å². The number of nitrogens with two attached hydrogens (primary N) is 1. The first kappa shape index (κ1) is 9.30. The van der Waals surface area contributed by atoms with Crippen LogP contribution < -0.4 is 5.73 Å². The van der Waals surface area contributed by atoms with Gasteiger partial charge in [0.05, 0.1) is 10.4 Å². The maximum absolute atomic E-state index is 13.7. The molecule has 0 unspecified atom stereocenters. The van der Waals surface area contributed by atoms with Gasteiger partial charge in [-0.25, -0.2) is 4.39 Å². The molecule has 0 radical (unpaired) electrons. The summed E-state index contributed by atoms with van der Waals surface area (Å²) < 4.78 is 13.7. The fourth-order valence-electron chi connectivity index (χ4n) is 1.28. The largest absolute Gasteiger partial charge is 0.326 e. The highest BCUT2D eigenvalue weighted by Gasteiger charge is 2.09. The zero-order valence-electron chi connectivity index (χ0n) is 7.40. The van der Waals surface area contributed by atoms with E-state index in [1.165, 1.54) is 11.3 Å². The van der Waals surface area contributed by atoms with Gasteiger partial charge in [-0.2, -0.15) is 0 Å². The Morgan fingerprint density at radius 1 is 1.43 bits per heavy atom. The predicted molar refractivity (Wildman–Crippen MR) is 55.4 cm³/mol. The van der Waals surface area contributed by atoms with E-state index in [-0.39, 0.29) is 12.4 Å². The average molecular weight is 208 g/mol. The molecule has 0 bridgehead atoms. The van der Waals surface area contributed by atoms with Gasteiger partial charge in [-0.3, -0.25) is 4.98 Å². The summed E-state index contributed by atoms with van der Waals surface area (Å²) in [6.07, 6.45) is 1.66. The maximum atomic E-state index is 13.7. The van der Waals surface area contributed by atoms with Crippen LogP contribution in [0.15, 0.2) is 29.9 Å². The molecule has 72 valence electrons. The molecule has 14 heavy (non-hydrogen) atoms.